The zero-order chi connectivity index (χ0) is 23.2. The number of carbonyl (C=O) groups excluding carboxylic acids is 2. The molecule has 3 aromatic rings. The maximum Gasteiger partial charge on any atom is 0.319 e. The summed E-state index contributed by atoms with van der Waals surface area (Å²) < 4.78 is 10.8. The highest BCUT2D eigenvalue weighted by Crippen LogP contribution is 2.26. The highest BCUT2D eigenvalue weighted by molar-refractivity contribution is 5.97. The molecule has 1 saturated heterocycles. The van der Waals surface area contributed by atoms with E-state index in [2.05, 4.69) is 16.0 Å². The minimum absolute atomic E-state index is 0.0979. The maximum absolute atomic E-state index is 12.8. The molecule has 3 aromatic carbocycles. The van der Waals surface area contributed by atoms with E-state index in [1.165, 1.54) is 0 Å². The number of methoxy groups -OCH3 is 1. The molecule has 172 valence electrons. The summed E-state index contributed by atoms with van der Waals surface area (Å²) in [6.45, 7) is 3.14. The van der Waals surface area contributed by atoms with Gasteiger partial charge in [-0.05, 0) is 72.5 Å². The van der Waals surface area contributed by atoms with Gasteiger partial charge in [0.2, 0.25) is 5.91 Å². The monoisotopic (exact) mass is 447 g/mol. The van der Waals surface area contributed by atoms with Crippen LogP contribution < -0.4 is 20.7 Å². The number of rotatable bonds is 7. The van der Waals surface area contributed by atoms with Gasteiger partial charge in [0.05, 0.1) is 19.1 Å². The summed E-state index contributed by atoms with van der Waals surface area (Å²) in [5, 5.41) is 10.7. The summed E-state index contributed by atoms with van der Waals surface area (Å²) in [5.41, 5.74) is 2.25. The second-order valence-corrected chi connectivity index (χ2v) is 8.23. The highest BCUT2D eigenvalue weighted by atomic mass is 16.5. The van der Waals surface area contributed by atoms with E-state index in [9.17, 15) is 9.59 Å². The molecule has 3 N–H and O–H groups in total. The molecule has 0 radical (unpaired) electrons. The van der Waals surface area contributed by atoms with Crippen molar-refractivity contribution < 1.29 is 19.1 Å². The van der Waals surface area contributed by atoms with Gasteiger partial charge in [-0.1, -0.05) is 24.3 Å². The summed E-state index contributed by atoms with van der Waals surface area (Å²) >= 11 is 0. The van der Waals surface area contributed by atoms with Crippen molar-refractivity contribution in [3.8, 4) is 5.75 Å². The molecule has 1 aliphatic heterocycles. The Hall–Kier alpha value is -3.58. The van der Waals surface area contributed by atoms with Gasteiger partial charge in [-0.15, -0.1) is 0 Å². The van der Waals surface area contributed by atoms with Crippen molar-refractivity contribution >= 4 is 34.1 Å². The molecule has 0 aromatic heterocycles. The Bertz CT molecular complexity index is 1120. The Morgan fingerprint density at radius 1 is 1.00 bits per heavy atom. The number of anilines is 2. The number of amides is 3. The Morgan fingerprint density at radius 2 is 1.70 bits per heavy atom. The Morgan fingerprint density at radius 3 is 2.39 bits per heavy atom. The fourth-order valence-electron chi connectivity index (χ4n) is 3.86. The third-order valence-electron chi connectivity index (χ3n) is 5.89. The van der Waals surface area contributed by atoms with Crippen LogP contribution in [-0.4, -0.2) is 38.3 Å². The van der Waals surface area contributed by atoms with E-state index in [0.717, 1.165) is 41.5 Å². The van der Waals surface area contributed by atoms with Crippen LogP contribution in [0.5, 0.6) is 5.75 Å². The van der Waals surface area contributed by atoms with Crippen molar-refractivity contribution in [1.29, 1.82) is 0 Å². The molecule has 0 aliphatic carbocycles. The summed E-state index contributed by atoms with van der Waals surface area (Å²) in [5.74, 6) is 0.384. The van der Waals surface area contributed by atoms with Gasteiger partial charge in [-0.2, -0.15) is 0 Å². The molecule has 1 heterocycles. The summed E-state index contributed by atoms with van der Waals surface area (Å²) in [6.07, 6.45) is 2.11. The molecular formula is C26H29N3O4. The topological polar surface area (TPSA) is 88.7 Å². The number of benzene rings is 3. The lowest BCUT2D eigenvalue weighted by Gasteiger charge is -2.14. The van der Waals surface area contributed by atoms with E-state index in [-0.39, 0.29) is 24.0 Å². The predicted molar refractivity (Wildman–Crippen MR) is 130 cm³/mol. The van der Waals surface area contributed by atoms with Crippen molar-refractivity contribution in [2.24, 2.45) is 0 Å². The van der Waals surface area contributed by atoms with Crippen molar-refractivity contribution in [2.45, 2.75) is 31.8 Å². The Kier molecular flexibility index (Phi) is 7.10. The van der Waals surface area contributed by atoms with Crippen LogP contribution in [0.4, 0.5) is 16.2 Å². The first-order chi connectivity index (χ1) is 16.0. The van der Waals surface area contributed by atoms with Crippen LogP contribution in [0.1, 0.15) is 31.2 Å². The number of urea groups is 1. The maximum atomic E-state index is 12.8. The predicted octanol–water partition coefficient (Wildman–Crippen LogP) is 4.89. The largest absolute Gasteiger partial charge is 0.497 e. The molecule has 3 amide bonds. The van der Waals surface area contributed by atoms with Gasteiger partial charge in [0, 0.05) is 24.5 Å². The first-order valence-corrected chi connectivity index (χ1v) is 11.2. The van der Waals surface area contributed by atoms with Crippen molar-refractivity contribution in [3.05, 3.63) is 66.2 Å². The van der Waals surface area contributed by atoms with E-state index < -0.39 is 0 Å². The van der Waals surface area contributed by atoms with Crippen LogP contribution in [0.15, 0.2) is 60.7 Å². The number of carbonyl (C=O) groups is 2. The molecule has 1 fully saturated rings. The minimum atomic E-state index is -0.321. The molecule has 7 nitrogen and oxygen atoms in total. The third kappa shape index (κ3) is 5.81. The van der Waals surface area contributed by atoms with Crippen LogP contribution in [0.2, 0.25) is 0 Å². The molecular weight excluding hydrogens is 418 g/mol. The van der Waals surface area contributed by atoms with Gasteiger partial charge < -0.3 is 25.4 Å². The van der Waals surface area contributed by atoms with Crippen LogP contribution in [0.25, 0.3) is 10.8 Å². The Labute approximate surface area is 193 Å². The average Bonchev–Trinajstić information content (AvgIpc) is 3.36. The second kappa shape index (κ2) is 10.4. The number of ether oxygens (including phenoxy) is 2. The Balaban J connectivity index is 1.32. The smallest absolute Gasteiger partial charge is 0.319 e. The molecule has 4 rings (SSSR count). The molecule has 0 spiro atoms. The molecule has 7 heteroatoms. The molecule has 2 atom stereocenters. The van der Waals surface area contributed by atoms with Crippen LogP contribution in [-0.2, 0) is 9.53 Å². The molecule has 0 bridgehead atoms. The molecule has 1 aliphatic rings. The molecule has 33 heavy (non-hydrogen) atoms. The van der Waals surface area contributed by atoms with E-state index in [0.29, 0.717) is 17.9 Å². The number of fused-ring (bicyclic) bond motifs is 1. The lowest BCUT2D eigenvalue weighted by molar-refractivity contribution is -0.117. The van der Waals surface area contributed by atoms with Gasteiger partial charge in [-0.25, -0.2) is 4.79 Å². The van der Waals surface area contributed by atoms with E-state index in [4.69, 9.17) is 9.47 Å². The zero-order valence-corrected chi connectivity index (χ0v) is 18.9. The van der Waals surface area contributed by atoms with Crippen molar-refractivity contribution in [3.63, 3.8) is 0 Å². The lowest BCUT2D eigenvalue weighted by atomic mass is 9.97. The lowest BCUT2D eigenvalue weighted by Crippen LogP contribution is -2.35. The van der Waals surface area contributed by atoms with E-state index in [1.54, 1.807) is 31.4 Å². The fourth-order valence-corrected chi connectivity index (χ4v) is 3.86. The zero-order valence-electron chi connectivity index (χ0n) is 18.9. The van der Waals surface area contributed by atoms with Gasteiger partial charge in [-0.3, -0.25) is 4.79 Å². The number of hydrogen-bond donors (Lipinski definition) is 3. The molecule has 0 saturated carbocycles. The third-order valence-corrected chi connectivity index (χ3v) is 5.89. The van der Waals surface area contributed by atoms with Crippen molar-refractivity contribution in [1.82, 2.24) is 5.32 Å². The van der Waals surface area contributed by atoms with Crippen LogP contribution in [0, 0.1) is 0 Å². The molecule has 1 unspecified atom stereocenters. The van der Waals surface area contributed by atoms with Crippen molar-refractivity contribution in [2.75, 3.05) is 30.9 Å². The number of nitrogens with one attached hydrogen (secondary N) is 3. The summed E-state index contributed by atoms with van der Waals surface area (Å²) in [6, 6.07) is 18.7. The summed E-state index contributed by atoms with van der Waals surface area (Å²) in [4.78, 5) is 24.9. The van der Waals surface area contributed by atoms with Gasteiger partial charge in [0.15, 0.2) is 0 Å². The first-order valence-electron chi connectivity index (χ1n) is 11.2. The second-order valence-electron chi connectivity index (χ2n) is 8.23. The van der Waals surface area contributed by atoms with Crippen LogP contribution >= 0.6 is 0 Å². The fraction of sp³-hybridized carbons (Fsp3) is 0.308. The SMILES string of the molecule is COc1ccc2cc([C@H](C)C(=O)Nc3ccc(NC(=O)NCC4CCCO4)cc3)ccc2c1. The minimum Gasteiger partial charge on any atom is -0.497 e. The van der Waals surface area contributed by atoms with E-state index in [1.807, 2.05) is 43.3 Å². The summed E-state index contributed by atoms with van der Waals surface area (Å²) in [7, 11) is 1.64. The van der Waals surface area contributed by atoms with Gasteiger partial charge in [0.25, 0.3) is 0 Å². The first kappa shape index (κ1) is 22.6. The van der Waals surface area contributed by atoms with E-state index >= 15 is 0 Å². The van der Waals surface area contributed by atoms with Crippen LogP contribution in [0.3, 0.4) is 0 Å². The van der Waals surface area contributed by atoms with Gasteiger partial charge >= 0.3 is 6.03 Å². The van der Waals surface area contributed by atoms with Gasteiger partial charge in [0.1, 0.15) is 5.75 Å². The number of hydrogen-bond acceptors (Lipinski definition) is 4. The normalized spacial score (nSPS) is 16.2. The standard InChI is InChI=1S/C26H29N3O4/c1-17(18-5-6-20-15-23(32-2)12-7-19(20)14-18)25(30)28-21-8-10-22(11-9-21)29-26(31)27-16-24-4-3-13-33-24/h5-12,14-15,17,24H,3-4,13,16H2,1-2H3,(H,28,30)(H2,27,29,31)/t17-,24?/m0/s1. The quantitative estimate of drug-likeness (QED) is 0.481. The highest BCUT2D eigenvalue weighted by Gasteiger charge is 2.17. The average molecular weight is 448 g/mol.